The minimum absolute atomic E-state index is 0.0397. The predicted octanol–water partition coefficient (Wildman–Crippen LogP) is 4.19. The smallest absolute Gasteiger partial charge is 0.341 e. The Balaban J connectivity index is 1.66. The van der Waals surface area contributed by atoms with Crippen LogP contribution in [0.5, 0.6) is 5.75 Å². The molecule has 8 heteroatoms. The van der Waals surface area contributed by atoms with E-state index in [4.69, 9.17) is 4.74 Å². The second-order valence-corrected chi connectivity index (χ2v) is 8.32. The number of benzene rings is 3. The first-order valence-electron chi connectivity index (χ1n) is 9.03. The Labute approximate surface area is 173 Å². The highest BCUT2D eigenvalue weighted by Crippen LogP contribution is 2.22. The summed E-state index contributed by atoms with van der Waals surface area (Å²) >= 11 is 0. The summed E-state index contributed by atoms with van der Waals surface area (Å²) in [6.07, 6.45) is 0. The molecule has 3 aromatic carbocycles. The van der Waals surface area contributed by atoms with E-state index in [2.05, 4.69) is 5.32 Å². The maximum absolute atomic E-state index is 12.6. The Morgan fingerprint density at radius 3 is 2.17 bits per heavy atom. The average molecular weight is 431 g/mol. The number of carbonyl (C=O) groups is 1. The van der Waals surface area contributed by atoms with Crippen LogP contribution in [0.4, 0.5) is 8.78 Å². The molecule has 30 heavy (non-hydrogen) atoms. The monoisotopic (exact) mass is 431 g/mol. The van der Waals surface area contributed by atoms with Crippen LogP contribution in [0.25, 0.3) is 0 Å². The normalized spacial score (nSPS) is 11.3. The van der Waals surface area contributed by atoms with Crippen LogP contribution in [0.1, 0.15) is 21.5 Å². The first-order valence-corrected chi connectivity index (χ1v) is 10.6. The number of carbonyl (C=O) groups excluding carboxylic acids is 1. The molecule has 3 rings (SSSR count). The molecular weight excluding hydrogens is 412 g/mol. The van der Waals surface area contributed by atoms with E-state index >= 15 is 0 Å². The van der Waals surface area contributed by atoms with Gasteiger partial charge in [-0.15, -0.1) is 0 Å². The fourth-order valence-electron chi connectivity index (χ4n) is 2.69. The molecule has 0 bridgehead atoms. The molecule has 0 saturated carbocycles. The highest BCUT2D eigenvalue weighted by Gasteiger charge is 2.26. The lowest BCUT2D eigenvalue weighted by Gasteiger charge is -2.12. The highest BCUT2D eigenvalue weighted by molar-refractivity contribution is 7.91. The number of rotatable bonds is 8. The summed E-state index contributed by atoms with van der Waals surface area (Å²) in [5.41, 5.74) is 1.89. The number of hydrogen-bond donors (Lipinski definition) is 1. The van der Waals surface area contributed by atoms with E-state index in [1.807, 2.05) is 30.3 Å². The molecule has 1 N–H and O–H groups in total. The summed E-state index contributed by atoms with van der Waals surface area (Å²) in [5, 5.41) is 2.83. The third-order valence-electron chi connectivity index (χ3n) is 4.31. The fraction of sp³-hybridized carbons (Fsp3) is 0.136. The molecular formula is C22H19F2NO4S. The van der Waals surface area contributed by atoms with E-state index < -0.39 is 20.5 Å². The van der Waals surface area contributed by atoms with Crippen molar-refractivity contribution in [2.45, 2.75) is 23.8 Å². The number of halogens is 2. The van der Waals surface area contributed by atoms with Crippen LogP contribution in [-0.4, -0.2) is 20.1 Å². The van der Waals surface area contributed by atoms with Gasteiger partial charge in [0.2, 0.25) is 9.84 Å². The molecule has 5 nitrogen and oxygen atoms in total. The number of alkyl halides is 2. The topological polar surface area (TPSA) is 72.5 Å². The quantitative estimate of drug-likeness (QED) is 0.581. The second kappa shape index (κ2) is 9.49. The molecule has 156 valence electrons. The summed E-state index contributed by atoms with van der Waals surface area (Å²) in [6, 6.07) is 21.2. The van der Waals surface area contributed by atoms with Gasteiger partial charge < -0.3 is 10.1 Å². The molecule has 0 aliphatic carbocycles. The SMILES string of the molecule is O=C(NCc1ccccc1)c1ccccc1OCc1ccc(S(=O)(=O)C(F)F)cc1. The van der Waals surface area contributed by atoms with Crippen molar-refractivity contribution in [1.82, 2.24) is 5.32 Å². The molecule has 0 saturated heterocycles. The van der Waals surface area contributed by atoms with E-state index in [1.165, 1.54) is 12.1 Å². The first-order chi connectivity index (χ1) is 14.4. The Kier molecular flexibility index (Phi) is 6.79. The Morgan fingerprint density at radius 1 is 0.867 bits per heavy atom. The van der Waals surface area contributed by atoms with Gasteiger partial charge in [-0.25, -0.2) is 8.42 Å². The van der Waals surface area contributed by atoms with Gasteiger partial charge in [0.25, 0.3) is 5.91 Å². The molecule has 0 unspecified atom stereocenters. The van der Waals surface area contributed by atoms with E-state index in [-0.39, 0.29) is 12.5 Å². The summed E-state index contributed by atoms with van der Waals surface area (Å²) in [6.45, 7) is 0.409. The van der Waals surface area contributed by atoms with Gasteiger partial charge in [-0.1, -0.05) is 54.6 Å². The maximum atomic E-state index is 12.6. The van der Waals surface area contributed by atoms with Crippen molar-refractivity contribution >= 4 is 15.7 Å². The highest BCUT2D eigenvalue weighted by atomic mass is 32.2. The maximum Gasteiger partial charge on any atom is 0.341 e. The lowest BCUT2D eigenvalue weighted by atomic mass is 10.1. The molecule has 0 heterocycles. The summed E-state index contributed by atoms with van der Waals surface area (Å²) < 4.78 is 53.9. The Morgan fingerprint density at radius 2 is 1.50 bits per heavy atom. The van der Waals surface area contributed by atoms with Gasteiger partial charge in [-0.2, -0.15) is 8.78 Å². The van der Waals surface area contributed by atoms with Crippen LogP contribution in [-0.2, 0) is 23.0 Å². The standard InChI is InChI=1S/C22H19F2NO4S/c23-22(24)30(27,28)18-12-10-17(11-13-18)15-29-20-9-5-4-8-19(20)21(26)25-14-16-6-2-1-3-7-16/h1-13,22H,14-15H2,(H,25,26). The minimum atomic E-state index is -4.64. The number of nitrogens with one attached hydrogen (secondary N) is 1. The summed E-state index contributed by atoms with van der Waals surface area (Å²) in [7, 11) is -4.64. The molecule has 1 amide bonds. The van der Waals surface area contributed by atoms with Gasteiger partial charge in [0.05, 0.1) is 10.5 Å². The Hall–Kier alpha value is -3.26. The second-order valence-electron chi connectivity index (χ2n) is 6.40. The van der Waals surface area contributed by atoms with Crippen LogP contribution in [0.15, 0.2) is 83.8 Å². The van der Waals surface area contributed by atoms with E-state index in [9.17, 15) is 22.0 Å². The number of para-hydroxylation sites is 1. The van der Waals surface area contributed by atoms with Gasteiger partial charge in [0.1, 0.15) is 12.4 Å². The zero-order valence-electron chi connectivity index (χ0n) is 15.8. The molecule has 0 aliphatic heterocycles. The lowest BCUT2D eigenvalue weighted by Crippen LogP contribution is -2.23. The number of amides is 1. The van der Waals surface area contributed by atoms with Gasteiger partial charge in [-0.3, -0.25) is 4.79 Å². The first kappa shape index (κ1) is 21.4. The summed E-state index contributed by atoms with van der Waals surface area (Å²) in [4.78, 5) is 12.1. The molecule has 3 aromatic rings. The number of sulfone groups is 1. The molecule has 0 radical (unpaired) electrons. The summed E-state index contributed by atoms with van der Waals surface area (Å²) in [5.74, 6) is -3.42. The van der Waals surface area contributed by atoms with Crippen molar-refractivity contribution < 1.29 is 26.7 Å². The van der Waals surface area contributed by atoms with Gasteiger partial charge in [0.15, 0.2) is 0 Å². The molecule has 0 aromatic heterocycles. The zero-order chi connectivity index (χ0) is 21.6. The van der Waals surface area contributed by atoms with Gasteiger partial charge in [0, 0.05) is 6.54 Å². The van der Waals surface area contributed by atoms with Crippen LogP contribution in [0.2, 0.25) is 0 Å². The van der Waals surface area contributed by atoms with Crippen LogP contribution in [0.3, 0.4) is 0 Å². The third-order valence-corrected chi connectivity index (χ3v) is 5.71. The van der Waals surface area contributed by atoms with Gasteiger partial charge in [-0.05, 0) is 35.4 Å². The molecule has 0 fully saturated rings. The van der Waals surface area contributed by atoms with E-state index in [1.54, 1.807) is 24.3 Å². The fourth-order valence-corrected chi connectivity index (χ4v) is 3.41. The third kappa shape index (κ3) is 5.21. The van der Waals surface area contributed by atoms with Crippen molar-refractivity contribution in [2.75, 3.05) is 0 Å². The largest absolute Gasteiger partial charge is 0.488 e. The minimum Gasteiger partial charge on any atom is -0.488 e. The molecule has 0 atom stereocenters. The van der Waals surface area contributed by atoms with Gasteiger partial charge >= 0.3 is 5.76 Å². The predicted molar refractivity (Wildman–Crippen MR) is 108 cm³/mol. The lowest BCUT2D eigenvalue weighted by molar-refractivity contribution is 0.0946. The Bertz CT molecular complexity index is 1100. The average Bonchev–Trinajstić information content (AvgIpc) is 2.77. The van der Waals surface area contributed by atoms with E-state index in [0.717, 1.165) is 17.7 Å². The van der Waals surface area contributed by atoms with Crippen molar-refractivity contribution in [1.29, 1.82) is 0 Å². The zero-order valence-corrected chi connectivity index (χ0v) is 16.6. The van der Waals surface area contributed by atoms with Crippen LogP contribution in [0, 0.1) is 0 Å². The van der Waals surface area contributed by atoms with E-state index in [0.29, 0.717) is 23.4 Å². The van der Waals surface area contributed by atoms with Crippen molar-refractivity contribution in [3.8, 4) is 5.75 Å². The number of hydrogen-bond acceptors (Lipinski definition) is 4. The van der Waals surface area contributed by atoms with Crippen molar-refractivity contribution in [3.63, 3.8) is 0 Å². The van der Waals surface area contributed by atoms with Crippen molar-refractivity contribution in [3.05, 3.63) is 95.6 Å². The molecule has 0 aliphatic rings. The molecule has 0 spiro atoms. The van der Waals surface area contributed by atoms with Crippen molar-refractivity contribution in [2.24, 2.45) is 0 Å². The van der Waals surface area contributed by atoms with Crippen LogP contribution < -0.4 is 10.1 Å². The van der Waals surface area contributed by atoms with Crippen LogP contribution >= 0.6 is 0 Å². The number of ether oxygens (including phenoxy) is 1.